The topological polar surface area (TPSA) is 96.5 Å². The van der Waals surface area contributed by atoms with Crippen molar-refractivity contribution >= 4 is 45.5 Å². The Morgan fingerprint density at radius 2 is 2.33 bits per heavy atom. The molecular formula is C14H12N6OS3. The van der Waals surface area contributed by atoms with Gasteiger partial charge in [-0.2, -0.15) is 10.4 Å². The van der Waals surface area contributed by atoms with Crippen LogP contribution in [0.1, 0.15) is 16.2 Å². The van der Waals surface area contributed by atoms with Gasteiger partial charge in [0.25, 0.3) is 5.91 Å². The van der Waals surface area contributed by atoms with Gasteiger partial charge in [-0.15, -0.1) is 11.3 Å². The van der Waals surface area contributed by atoms with E-state index in [2.05, 4.69) is 26.5 Å². The molecule has 24 heavy (non-hydrogen) atoms. The summed E-state index contributed by atoms with van der Waals surface area (Å²) in [7, 11) is 1.83. The van der Waals surface area contributed by atoms with Crippen molar-refractivity contribution in [3.8, 4) is 16.6 Å². The molecule has 7 nitrogen and oxygen atoms in total. The standard InChI is InChI=1S/C14H12N6OS3/c1-8-13(22-4-3-15)24-14(17-8)19-11(21)10-7-23-12(18-10)9-5-16-20(2)6-9/h5-7H,4H2,1-2H3,(H,17,19,21). The van der Waals surface area contributed by atoms with E-state index in [-0.39, 0.29) is 5.91 Å². The Hall–Kier alpha value is -2.22. The number of carbonyl (C=O) groups excluding carboxylic acids is 1. The number of amides is 1. The summed E-state index contributed by atoms with van der Waals surface area (Å²) in [5, 5.41) is 18.5. The molecule has 0 aliphatic heterocycles. The van der Waals surface area contributed by atoms with Gasteiger partial charge < -0.3 is 0 Å². The van der Waals surface area contributed by atoms with Crippen LogP contribution in [-0.4, -0.2) is 31.4 Å². The van der Waals surface area contributed by atoms with Gasteiger partial charge in [0.15, 0.2) is 5.13 Å². The smallest absolute Gasteiger partial charge is 0.276 e. The van der Waals surface area contributed by atoms with Crippen molar-refractivity contribution < 1.29 is 4.79 Å². The lowest BCUT2D eigenvalue weighted by Gasteiger charge is -1.97. The van der Waals surface area contributed by atoms with Gasteiger partial charge in [-0.1, -0.05) is 23.1 Å². The monoisotopic (exact) mass is 376 g/mol. The molecule has 0 unspecified atom stereocenters. The second kappa shape index (κ2) is 7.12. The summed E-state index contributed by atoms with van der Waals surface area (Å²) in [6, 6.07) is 2.08. The first-order valence-electron chi connectivity index (χ1n) is 6.80. The predicted molar refractivity (Wildman–Crippen MR) is 95.5 cm³/mol. The van der Waals surface area contributed by atoms with Crippen LogP contribution >= 0.6 is 34.4 Å². The Kier molecular flexibility index (Phi) is 4.94. The zero-order valence-corrected chi connectivity index (χ0v) is 15.3. The zero-order chi connectivity index (χ0) is 17.1. The van der Waals surface area contributed by atoms with Gasteiger partial charge in [0.1, 0.15) is 10.7 Å². The van der Waals surface area contributed by atoms with Crippen LogP contribution in [-0.2, 0) is 7.05 Å². The van der Waals surface area contributed by atoms with Crippen molar-refractivity contribution in [1.29, 1.82) is 5.26 Å². The summed E-state index contributed by atoms with van der Waals surface area (Å²) in [6.45, 7) is 1.86. The lowest BCUT2D eigenvalue weighted by molar-refractivity contribution is 0.102. The molecule has 10 heteroatoms. The number of nitrogens with zero attached hydrogens (tertiary/aromatic N) is 5. The molecule has 0 bridgehead atoms. The molecule has 0 aromatic carbocycles. The summed E-state index contributed by atoms with van der Waals surface area (Å²) in [6.07, 6.45) is 3.56. The number of thiazole rings is 2. The van der Waals surface area contributed by atoms with E-state index in [1.807, 2.05) is 20.2 Å². The van der Waals surface area contributed by atoms with E-state index in [1.54, 1.807) is 16.3 Å². The number of hydrogen-bond acceptors (Lipinski definition) is 8. The van der Waals surface area contributed by atoms with E-state index in [0.717, 1.165) is 20.5 Å². The van der Waals surface area contributed by atoms with Gasteiger partial charge in [-0.05, 0) is 6.92 Å². The van der Waals surface area contributed by atoms with E-state index in [1.165, 1.54) is 34.4 Å². The van der Waals surface area contributed by atoms with E-state index in [4.69, 9.17) is 5.26 Å². The molecule has 3 heterocycles. The first-order chi connectivity index (χ1) is 11.6. The van der Waals surface area contributed by atoms with Crippen LogP contribution in [0.15, 0.2) is 22.0 Å². The van der Waals surface area contributed by atoms with Crippen LogP contribution in [0.5, 0.6) is 0 Å². The SMILES string of the molecule is Cc1nc(NC(=O)c2csc(-c3cnn(C)c3)n2)sc1SCC#N. The van der Waals surface area contributed by atoms with Gasteiger partial charge in [-0.25, -0.2) is 9.97 Å². The molecule has 1 amide bonds. The van der Waals surface area contributed by atoms with Crippen LogP contribution < -0.4 is 5.32 Å². The van der Waals surface area contributed by atoms with Gasteiger partial charge >= 0.3 is 0 Å². The number of nitrogens with one attached hydrogen (secondary N) is 1. The van der Waals surface area contributed by atoms with Crippen molar-refractivity contribution in [2.24, 2.45) is 7.05 Å². The largest absolute Gasteiger partial charge is 0.296 e. The Morgan fingerprint density at radius 3 is 3.04 bits per heavy atom. The van der Waals surface area contributed by atoms with E-state index >= 15 is 0 Å². The Balaban J connectivity index is 1.71. The molecule has 0 saturated heterocycles. The fraction of sp³-hybridized carbons (Fsp3) is 0.214. The highest BCUT2D eigenvalue weighted by atomic mass is 32.2. The van der Waals surface area contributed by atoms with Crippen molar-refractivity contribution in [3.63, 3.8) is 0 Å². The van der Waals surface area contributed by atoms with Crippen molar-refractivity contribution in [1.82, 2.24) is 19.7 Å². The first kappa shape index (κ1) is 16.6. The second-order valence-electron chi connectivity index (χ2n) is 4.73. The minimum absolute atomic E-state index is 0.299. The number of nitriles is 1. The Labute approximate surface area is 150 Å². The third kappa shape index (κ3) is 3.64. The number of aromatic nitrogens is 4. The minimum Gasteiger partial charge on any atom is -0.296 e. The maximum atomic E-state index is 12.3. The van der Waals surface area contributed by atoms with Gasteiger partial charge in [0, 0.05) is 24.2 Å². The summed E-state index contributed by atoms with van der Waals surface area (Å²) < 4.78 is 2.62. The third-order valence-corrected chi connectivity index (χ3v) is 6.12. The number of carbonyl (C=O) groups is 1. The average molecular weight is 376 g/mol. The highest BCUT2D eigenvalue weighted by Gasteiger charge is 2.16. The normalized spacial score (nSPS) is 10.5. The predicted octanol–water partition coefficient (Wildman–Crippen LogP) is 3.18. The first-order valence-corrected chi connectivity index (χ1v) is 9.48. The second-order valence-corrected chi connectivity index (χ2v) is 7.83. The molecule has 1 N–H and O–H groups in total. The number of aryl methyl sites for hydroxylation is 2. The molecule has 0 fully saturated rings. The van der Waals surface area contributed by atoms with Crippen LogP contribution in [0.2, 0.25) is 0 Å². The molecule has 3 aromatic rings. The van der Waals surface area contributed by atoms with Gasteiger partial charge in [0.2, 0.25) is 0 Å². The molecule has 0 radical (unpaired) electrons. The number of hydrogen-bond donors (Lipinski definition) is 1. The van der Waals surface area contributed by atoms with E-state index in [0.29, 0.717) is 16.6 Å². The quantitative estimate of drug-likeness (QED) is 0.687. The van der Waals surface area contributed by atoms with Gasteiger partial charge in [0.05, 0.1) is 27.9 Å². The Morgan fingerprint density at radius 1 is 1.50 bits per heavy atom. The van der Waals surface area contributed by atoms with Gasteiger partial charge in [-0.3, -0.25) is 14.8 Å². The molecule has 0 atom stereocenters. The fourth-order valence-corrected chi connectivity index (χ4v) is 4.44. The molecule has 3 rings (SSSR count). The van der Waals surface area contributed by atoms with Crippen molar-refractivity contribution in [2.45, 2.75) is 11.1 Å². The molecule has 3 aromatic heterocycles. The van der Waals surface area contributed by atoms with Crippen LogP contribution in [0.3, 0.4) is 0 Å². The molecular weight excluding hydrogens is 364 g/mol. The molecule has 0 spiro atoms. The van der Waals surface area contributed by atoms with E-state index in [9.17, 15) is 4.79 Å². The van der Waals surface area contributed by atoms with Crippen LogP contribution in [0.25, 0.3) is 10.6 Å². The number of anilines is 1. The maximum absolute atomic E-state index is 12.3. The number of rotatable bonds is 5. The summed E-state index contributed by atoms with van der Waals surface area (Å²) in [5.41, 5.74) is 2.03. The molecule has 0 aliphatic rings. The minimum atomic E-state index is -0.299. The zero-order valence-electron chi connectivity index (χ0n) is 12.8. The highest BCUT2D eigenvalue weighted by Crippen LogP contribution is 2.32. The fourth-order valence-electron chi connectivity index (χ4n) is 1.87. The molecule has 0 aliphatic carbocycles. The molecule has 0 saturated carbocycles. The lowest BCUT2D eigenvalue weighted by atomic mass is 10.4. The highest BCUT2D eigenvalue weighted by molar-refractivity contribution is 8.01. The molecule has 122 valence electrons. The van der Waals surface area contributed by atoms with Crippen LogP contribution in [0.4, 0.5) is 5.13 Å². The number of thioether (sulfide) groups is 1. The summed E-state index contributed by atoms with van der Waals surface area (Å²) in [5.74, 6) is 0.0590. The van der Waals surface area contributed by atoms with E-state index < -0.39 is 0 Å². The summed E-state index contributed by atoms with van der Waals surface area (Å²) in [4.78, 5) is 21.0. The third-order valence-electron chi connectivity index (χ3n) is 2.93. The van der Waals surface area contributed by atoms with Crippen molar-refractivity contribution in [3.05, 3.63) is 29.2 Å². The van der Waals surface area contributed by atoms with Crippen LogP contribution in [0, 0.1) is 18.3 Å². The maximum Gasteiger partial charge on any atom is 0.276 e. The average Bonchev–Trinajstić information content (AvgIpc) is 3.25. The Bertz CT molecular complexity index is 919. The lowest BCUT2D eigenvalue weighted by Crippen LogP contribution is -2.12. The summed E-state index contributed by atoms with van der Waals surface area (Å²) >= 11 is 4.17. The van der Waals surface area contributed by atoms with Crippen molar-refractivity contribution in [2.75, 3.05) is 11.1 Å².